The van der Waals surface area contributed by atoms with E-state index in [0.29, 0.717) is 6.42 Å². The van der Waals surface area contributed by atoms with Gasteiger partial charge >= 0.3 is 0 Å². The van der Waals surface area contributed by atoms with Crippen LogP contribution in [0.5, 0.6) is 0 Å². The molecule has 108 valence electrons. The summed E-state index contributed by atoms with van der Waals surface area (Å²) >= 11 is 0. The first-order valence-corrected chi connectivity index (χ1v) is 7.11. The van der Waals surface area contributed by atoms with E-state index in [1.54, 1.807) is 12.1 Å². The number of amides is 1. The van der Waals surface area contributed by atoms with Crippen LogP contribution >= 0.6 is 0 Å². The number of carbonyl (C=O) groups is 1. The summed E-state index contributed by atoms with van der Waals surface area (Å²) in [6.45, 7) is 3.92. The minimum absolute atomic E-state index is 0.00841. The lowest BCUT2D eigenvalue weighted by Crippen LogP contribution is -2.62. The Morgan fingerprint density at radius 3 is 2.35 bits per heavy atom. The normalized spacial score (nSPS) is 29.4. The van der Waals surface area contributed by atoms with Crippen molar-refractivity contribution in [3.05, 3.63) is 35.6 Å². The second-order valence-electron chi connectivity index (χ2n) is 6.69. The van der Waals surface area contributed by atoms with E-state index in [-0.39, 0.29) is 29.3 Å². The summed E-state index contributed by atoms with van der Waals surface area (Å²) in [6.07, 6.45) is 1.87. The van der Waals surface area contributed by atoms with E-state index >= 15 is 0 Å². The molecule has 2 unspecified atom stereocenters. The zero-order valence-corrected chi connectivity index (χ0v) is 11.8. The maximum atomic E-state index is 13.0. The van der Waals surface area contributed by atoms with Crippen LogP contribution in [0.4, 0.5) is 4.39 Å². The fraction of sp³-hybridized carbons (Fsp3) is 0.562. The Labute approximate surface area is 118 Å². The van der Waals surface area contributed by atoms with Crippen molar-refractivity contribution in [2.75, 3.05) is 0 Å². The van der Waals surface area contributed by atoms with E-state index in [4.69, 9.17) is 0 Å². The Bertz CT molecular complexity index is 534. The molecule has 4 heteroatoms. The van der Waals surface area contributed by atoms with E-state index in [1.165, 1.54) is 12.1 Å². The molecule has 2 aliphatic rings. The summed E-state index contributed by atoms with van der Waals surface area (Å²) in [5, 5.41) is 12.8. The van der Waals surface area contributed by atoms with Crippen molar-refractivity contribution in [1.29, 1.82) is 0 Å². The van der Waals surface area contributed by atoms with Gasteiger partial charge in [0.05, 0.1) is 11.5 Å². The summed E-state index contributed by atoms with van der Waals surface area (Å²) < 4.78 is 13.0. The third kappa shape index (κ3) is 1.94. The highest BCUT2D eigenvalue weighted by molar-refractivity contribution is 5.91. The molecule has 20 heavy (non-hydrogen) atoms. The molecule has 2 atom stereocenters. The second-order valence-corrected chi connectivity index (χ2v) is 6.69. The maximum Gasteiger partial charge on any atom is 0.230 e. The predicted molar refractivity (Wildman–Crippen MR) is 73.6 cm³/mol. The molecular weight excluding hydrogens is 257 g/mol. The lowest BCUT2D eigenvalue weighted by atomic mass is 9.64. The van der Waals surface area contributed by atoms with Gasteiger partial charge in [-0.3, -0.25) is 4.79 Å². The number of benzene rings is 1. The van der Waals surface area contributed by atoms with Crippen LogP contribution in [0.3, 0.4) is 0 Å². The number of carbonyl (C=O) groups excluding carboxylic acids is 1. The fourth-order valence-corrected chi connectivity index (χ4v) is 2.98. The van der Waals surface area contributed by atoms with Crippen LogP contribution in [0, 0.1) is 11.2 Å². The Kier molecular flexibility index (Phi) is 2.91. The minimum Gasteiger partial charge on any atom is -0.392 e. The molecule has 0 bridgehead atoms. The van der Waals surface area contributed by atoms with Crippen LogP contribution in [0.15, 0.2) is 24.3 Å². The summed E-state index contributed by atoms with van der Waals surface area (Å²) in [5.74, 6) is -0.276. The van der Waals surface area contributed by atoms with Gasteiger partial charge < -0.3 is 10.4 Å². The zero-order valence-electron chi connectivity index (χ0n) is 11.8. The van der Waals surface area contributed by atoms with Crippen molar-refractivity contribution >= 4 is 5.91 Å². The molecule has 0 saturated heterocycles. The van der Waals surface area contributed by atoms with Gasteiger partial charge in [0.2, 0.25) is 5.91 Å². The van der Waals surface area contributed by atoms with E-state index in [2.05, 4.69) is 5.32 Å². The quantitative estimate of drug-likeness (QED) is 0.889. The monoisotopic (exact) mass is 277 g/mol. The highest BCUT2D eigenvalue weighted by atomic mass is 19.1. The summed E-state index contributed by atoms with van der Waals surface area (Å²) in [4.78, 5) is 12.5. The second kappa shape index (κ2) is 4.29. The van der Waals surface area contributed by atoms with Gasteiger partial charge in [0.25, 0.3) is 0 Å². The molecule has 3 nitrogen and oxygen atoms in total. The number of halogens is 1. The van der Waals surface area contributed by atoms with Crippen molar-refractivity contribution in [1.82, 2.24) is 5.32 Å². The first-order valence-electron chi connectivity index (χ1n) is 7.11. The number of aliphatic hydroxyl groups excluding tert-OH is 1. The van der Waals surface area contributed by atoms with Crippen molar-refractivity contribution < 1.29 is 14.3 Å². The van der Waals surface area contributed by atoms with Crippen molar-refractivity contribution in [3.63, 3.8) is 0 Å². The largest absolute Gasteiger partial charge is 0.392 e. The van der Waals surface area contributed by atoms with Crippen LogP contribution in [-0.4, -0.2) is 23.2 Å². The average Bonchev–Trinajstić information content (AvgIpc) is 3.20. The molecule has 0 spiro atoms. The Morgan fingerprint density at radius 2 is 1.90 bits per heavy atom. The molecule has 1 aromatic carbocycles. The maximum absolute atomic E-state index is 13.0. The van der Waals surface area contributed by atoms with Crippen LogP contribution in [0.2, 0.25) is 0 Å². The van der Waals surface area contributed by atoms with Crippen LogP contribution in [0.1, 0.15) is 38.7 Å². The highest BCUT2D eigenvalue weighted by Crippen LogP contribution is 2.49. The first kappa shape index (κ1) is 13.6. The number of aliphatic hydroxyl groups is 1. The molecule has 2 N–H and O–H groups in total. The van der Waals surface area contributed by atoms with Crippen molar-refractivity contribution in [3.8, 4) is 0 Å². The molecule has 3 rings (SSSR count). The molecule has 0 aromatic heterocycles. The molecule has 1 amide bonds. The van der Waals surface area contributed by atoms with Crippen LogP contribution in [-0.2, 0) is 10.2 Å². The van der Waals surface area contributed by atoms with E-state index < -0.39 is 5.41 Å². The molecule has 2 fully saturated rings. The summed E-state index contributed by atoms with van der Waals surface area (Å²) in [5.41, 5.74) is 0.132. The lowest BCUT2D eigenvalue weighted by molar-refractivity contribution is -0.131. The van der Waals surface area contributed by atoms with Gasteiger partial charge in [0.15, 0.2) is 0 Å². The molecule has 0 heterocycles. The summed E-state index contributed by atoms with van der Waals surface area (Å²) in [7, 11) is 0. The molecular formula is C16H20FNO2. The van der Waals surface area contributed by atoms with E-state index in [0.717, 1.165) is 18.4 Å². The average molecular weight is 277 g/mol. The molecule has 1 aromatic rings. The standard InChI is InChI=1S/C16H20FNO2/c1-15(2)12(9-13(15)19)18-14(20)16(7-8-16)10-3-5-11(17)6-4-10/h3-6,12-13,19H,7-9H2,1-2H3,(H,18,20). The van der Waals surface area contributed by atoms with Crippen molar-refractivity contribution in [2.24, 2.45) is 5.41 Å². The van der Waals surface area contributed by atoms with Gasteiger partial charge in [0, 0.05) is 11.5 Å². The Hall–Kier alpha value is -1.42. The third-order valence-electron chi connectivity index (χ3n) is 5.10. The number of nitrogens with one attached hydrogen (secondary N) is 1. The zero-order chi connectivity index (χ0) is 14.5. The van der Waals surface area contributed by atoms with Gasteiger partial charge in [0.1, 0.15) is 5.82 Å². The Morgan fingerprint density at radius 1 is 1.30 bits per heavy atom. The Balaban J connectivity index is 1.73. The highest BCUT2D eigenvalue weighted by Gasteiger charge is 2.55. The summed E-state index contributed by atoms with van der Waals surface area (Å²) in [6, 6.07) is 6.22. The number of rotatable bonds is 3. The smallest absolute Gasteiger partial charge is 0.230 e. The van der Waals surface area contributed by atoms with Crippen LogP contribution < -0.4 is 5.32 Å². The van der Waals surface area contributed by atoms with Gasteiger partial charge in [-0.1, -0.05) is 26.0 Å². The number of hydrogen-bond acceptors (Lipinski definition) is 2. The van der Waals surface area contributed by atoms with Gasteiger partial charge in [-0.2, -0.15) is 0 Å². The van der Waals surface area contributed by atoms with Crippen molar-refractivity contribution in [2.45, 2.75) is 50.7 Å². The first-order chi connectivity index (χ1) is 9.36. The van der Waals surface area contributed by atoms with E-state index in [1.807, 2.05) is 13.8 Å². The SMILES string of the molecule is CC1(C)C(O)CC1NC(=O)C1(c2ccc(F)cc2)CC1. The number of hydrogen-bond donors (Lipinski definition) is 2. The lowest BCUT2D eigenvalue weighted by Gasteiger charge is -2.49. The molecule has 2 aliphatic carbocycles. The van der Waals surface area contributed by atoms with Crippen LogP contribution in [0.25, 0.3) is 0 Å². The van der Waals surface area contributed by atoms with Gasteiger partial charge in [-0.15, -0.1) is 0 Å². The topological polar surface area (TPSA) is 49.3 Å². The third-order valence-corrected chi connectivity index (χ3v) is 5.10. The van der Waals surface area contributed by atoms with Gasteiger partial charge in [-0.05, 0) is 37.0 Å². The molecule has 0 radical (unpaired) electrons. The van der Waals surface area contributed by atoms with Gasteiger partial charge in [-0.25, -0.2) is 4.39 Å². The molecule has 0 aliphatic heterocycles. The predicted octanol–water partition coefficient (Wildman–Crippen LogP) is 2.13. The van der Waals surface area contributed by atoms with E-state index in [9.17, 15) is 14.3 Å². The fourth-order valence-electron chi connectivity index (χ4n) is 2.98. The minimum atomic E-state index is -0.482. The molecule has 2 saturated carbocycles.